The van der Waals surface area contributed by atoms with E-state index in [0.29, 0.717) is 6.61 Å². The summed E-state index contributed by atoms with van der Waals surface area (Å²) in [5, 5.41) is 8.84. The molecule has 1 aromatic rings. The van der Waals surface area contributed by atoms with Crippen molar-refractivity contribution in [3.05, 3.63) is 24.0 Å². The lowest BCUT2D eigenvalue weighted by molar-refractivity contribution is 0.0681. The third-order valence-corrected chi connectivity index (χ3v) is 3.95. The third-order valence-electron chi connectivity index (χ3n) is 2.24. The van der Waals surface area contributed by atoms with Crippen molar-refractivity contribution in [2.75, 3.05) is 6.61 Å². The molecule has 0 aliphatic rings. The van der Waals surface area contributed by atoms with Crippen LogP contribution in [-0.4, -0.2) is 36.4 Å². The number of nitrogens with zero attached hydrogens (tertiary/aromatic N) is 1. The lowest BCUT2D eigenvalue weighted by Crippen LogP contribution is -2.24. The maximum atomic E-state index is 11.6. The van der Waals surface area contributed by atoms with Gasteiger partial charge in [-0.3, -0.25) is 0 Å². The summed E-state index contributed by atoms with van der Waals surface area (Å²) >= 11 is 0. The van der Waals surface area contributed by atoms with Gasteiger partial charge in [0.25, 0.3) is 0 Å². The highest BCUT2D eigenvalue weighted by Crippen LogP contribution is 2.09. The lowest BCUT2D eigenvalue weighted by Gasteiger charge is -2.15. The number of carbonyl (C=O) groups excluding carboxylic acids is 1. The van der Waals surface area contributed by atoms with Crippen LogP contribution < -0.4 is 0 Å². The molecule has 1 aromatic heterocycles. The van der Waals surface area contributed by atoms with E-state index in [1.807, 2.05) is 0 Å². The summed E-state index contributed by atoms with van der Waals surface area (Å²) in [7, 11) is -1.25. The fraction of sp³-hybridized carbons (Fsp3) is 0.455. The van der Waals surface area contributed by atoms with Crippen molar-refractivity contribution in [3.63, 3.8) is 0 Å². The van der Waals surface area contributed by atoms with Crippen LogP contribution in [0.15, 0.2) is 18.3 Å². The van der Waals surface area contributed by atoms with Gasteiger partial charge in [-0.25, -0.2) is 14.2 Å². The molecule has 0 atom stereocenters. The molecule has 0 radical (unpaired) electrons. The van der Waals surface area contributed by atoms with E-state index in [-0.39, 0.29) is 5.69 Å². The SMILES string of the molecule is C[Si](C)(C)CCOC(=O)n1cccc1C(=O)O. The summed E-state index contributed by atoms with van der Waals surface area (Å²) in [6.45, 7) is 6.88. The average molecular weight is 255 g/mol. The Balaban J connectivity index is 2.59. The Labute approximate surface area is 101 Å². The van der Waals surface area contributed by atoms with Gasteiger partial charge in [0.05, 0.1) is 6.61 Å². The molecular formula is C11H17NO4Si. The number of rotatable bonds is 4. The van der Waals surface area contributed by atoms with Crippen molar-refractivity contribution in [3.8, 4) is 0 Å². The van der Waals surface area contributed by atoms with Gasteiger partial charge in [-0.05, 0) is 18.2 Å². The van der Waals surface area contributed by atoms with Crippen LogP contribution in [0.5, 0.6) is 0 Å². The minimum Gasteiger partial charge on any atom is -0.477 e. The second kappa shape index (κ2) is 5.18. The van der Waals surface area contributed by atoms with Crippen molar-refractivity contribution < 1.29 is 19.4 Å². The highest BCUT2D eigenvalue weighted by atomic mass is 28.3. The molecule has 0 aromatic carbocycles. The summed E-state index contributed by atoms with van der Waals surface area (Å²) in [4.78, 5) is 22.4. The lowest BCUT2D eigenvalue weighted by atomic mass is 10.4. The van der Waals surface area contributed by atoms with Crippen molar-refractivity contribution in [1.82, 2.24) is 4.57 Å². The highest BCUT2D eigenvalue weighted by molar-refractivity contribution is 6.76. The topological polar surface area (TPSA) is 68.5 Å². The predicted molar refractivity (Wildman–Crippen MR) is 66.3 cm³/mol. The van der Waals surface area contributed by atoms with Gasteiger partial charge in [0.2, 0.25) is 0 Å². The number of carboxylic acids is 1. The molecule has 1 N–H and O–H groups in total. The Morgan fingerprint density at radius 3 is 2.59 bits per heavy atom. The zero-order valence-corrected chi connectivity index (χ0v) is 11.3. The van der Waals surface area contributed by atoms with E-state index in [2.05, 4.69) is 19.6 Å². The molecule has 1 heterocycles. The van der Waals surface area contributed by atoms with Gasteiger partial charge in [0, 0.05) is 14.3 Å². The molecular weight excluding hydrogens is 238 g/mol. The van der Waals surface area contributed by atoms with E-state index in [4.69, 9.17) is 9.84 Å². The molecule has 5 nitrogen and oxygen atoms in total. The molecule has 0 aliphatic heterocycles. The maximum absolute atomic E-state index is 11.6. The van der Waals surface area contributed by atoms with Crippen LogP contribution >= 0.6 is 0 Å². The largest absolute Gasteiger partial charge is 0.477 e. The summed E-state index contributed by atoms with van der Waals surface area (Å²) in [6, 6.07) is 3.73. The monoisotopic (exact) mass is 255 g/mol. The highest BCUT2D eigenvalue weighted by Gasteiger charge is 2.17. The summed E-state index contributed by atoms with van der Waals surface area (Å²) < 4.78 is 6.06. The second-order valence-electron chi connectivity index (χ2n) is 4.99. The van der Waals surface area contributed by atoms with Crippen LogP contribution in [-0.2, 0) is 4.74 Å². The first kappa shape index (κ1) is 13.5. The standard InChI is InChI=1S/C11H17NO4Si/c1-17(2,3)8-7-16-11(15)12-6-4-5-9(12)10(13)14/h4-6H,7-8H2,1-3H3,(H,13,14). The molecule has 1 rings (SSSR count). The molecule has 94 valence electrons. The molecule has 0 amide bonds. The van der Waals surface area contributed by atoms with Crippen LogP contribution in [0.2, 0.25) is 25.7 Å². The summed E-state index contributed by atoms with van der Waals surface area (Å²) in [5.41, 5.74) is -0.0806. The van der Waals surface area contributed by atoms with E-state index in [9.17, 15) is 9.59 Å². The van der Waals surface area contributed by atoms with Crippen molar-refractivity contribution in [2.24, 2.45) is 0 Å². The fourth-order valence-electron chi connectivity index (χ4n) is 1.23. The normalized spacial score (nSPS) is 11.2. The molecule has 0 saturated heterocycles. The molecule has 6 heteroatoms. The quantitative estimate of drug-likeness (QED) is 0.839. The van der Waals surface area contributed by atoms with E-state index in [1.54, 1.807) is 0 Å². The van der Waals surface area contributed by atoms with Gasteiger partial charge < -0.3 is 9.84 Å². The Bertz CT molecular complexity index is 419. The third kappa shape index (κ3) is 4.07. The summed E-state index contributed by atoms with van der Waals surface area (Å²) in [5.74, 6) is -1.14. The van der Waals surface area contributed by atoms with Crippen molar-refractivity contribution in [2.45, 2.75) is 25.7 Å². The first-order valence-corrected chi connectivity index (χ1v) is 9.10. The first-order chi connectivity index (χ1) is 7.81. The average Bonchev–Trinajstić information content (AvgIpc) is 2.63. The minimum absolute atomic E-state index is 0.0806. The van der Waals surface area contributed by atoms with E-state index < -0.39 is 20.1 Å². The first-order valence-electron chi connectivity index (χ1n) is 5.39. The van der Waals surface area contributed by atoms with Gasteiger partial charge >= 0.3 is 12.1 Å². The molecule has 0 bridgehead atoms. The Morgan fingerprint density at radius 2 is 2.06 bits per heavy atom. The number of aromatic nitrogens is 1. The van der Waals surface area contributed by atoms with Gasteiger partial charge in [-0.2, -0.15) is 0 Å². The number of ether oxygens (including phenoxy) is 1. The number of carbonyl (C=O) groups is 2. The van der Waals surface area contributed by atoms with Crippen LogP contribution in [0, 0.1) is 0 Å². The van der Waals surface area contributed by atoms with Crippen molar-refractivity contribution in [1.29, 1.82) is 0 Å². The van der Waals surface area contributed by atoms with Gasteiger partial charge in [-0.15, -0.1) is 0 Å². The number of hydrogen-bond donors (Lipinski definition) is 1. The molecule has 0 fully saturated rings. The Hall–Kier alpha value is -1.56. The van der Waals surface area contributed by atoms with Crippen LogP contribution in [0.4, 0.5) is 4.79 Å². The maximum Gasteiger partial charge on any atom is 0.418 e. The fourth-order valence-corrected chi connectivity index (χ4v) is 1.94. The Morgan fingerprint density at radius 1 is 1.41 bits per heavy atom. The molecule has 17 heavy (non-hydrogen) atoms. The van der Waals surface area contributed by atoms with Crippen LogP contribution in [0.1, 0.15) is 10.5 Å². The summed E-state index contributed by atoms with van der Waals surface area (Å²) in [6.07, 6.45) is 0.756. The zero-order chi connectivity index (χ0) is 13.1. The molecule has 0 unspecified atom stereocenters. The van der Waals surface area contributed by atoms with Gasteiger partial charge in [0.1, 0.15) is 5.69 Å². The van der Waals surface area contributed by atoms with E-state index in [1.165, 1.54) is 18.3 Å². The smallest absolute Gasteiger partial charge is 0.418 e. The van der Waals surface area contributed by atoms with Gasteiger partial charge in [0.15, 0.2) is 0 Å². The molecule has 0 saturated carbocycles. The second-order valence-corrected chi connectivity index (χ2v) is 10.6. The van der Waals surface area contributed by atoms with Gasteiger partial charge in [-0.1, -0.05) is 19.6 Å². The molecule has 0 aliphatic carbocycles. The van der Waals surface area contributed by atoms with Crippen molar-refractivity contribution >= 4 is 20.1 Å². The predicted octanol–water partition coefficient (Wildman–Crippen LogP) is 2.51. The number of carboxylic acid groups (broad SMARTS) is 1. The Kier molecular flexibility index (Phi) is 4.11. The number of aromatic carboxylic acids is 1. The van der Waals surface area contributed by atoms with E-state index in [0.717, 1.165) is 10.6 Å². The minimum atomic E-state index is -1.25. The zero-order valence-electron chi connectivity index (χ0n) is 10.3. The van der Waals surface area contributed by atoms with Crippen LogP contribution in [0.25, 0.3) is 0 Å². The number of hydrogen-bond acceptors (Lipinski definition) is 3. The van der Waals surface area contributed by atoms with Crippen LogP contribution in [0.3, 0.4) is 0 Å². The van der Waals surface area contributed by atoms with E-state index >= 15 is 0 Å². The molecule has 0 spiro atoms.